The first-order chi connectivity index (χ1) is 5.88. The van der Waals surface area contributed by atoms with Crippen molar-refractivity contribution in [1.82, 2.24) is 9.97 Å². The first-order valence-corrected chi connectivity index (χ1v) is 4.34. The van der Waals surface area contributed by atoms with Crippen LogP contribution in [0.2, 0.25) is 0 Å². The molecule has 0 aliphatic rings. The quantitative estimate of drug-likeness (QED) is 0.732. The molecule has 0 aliphatic heterocycles. The van der Waals surface area contributed by atoms with Crippen molar-refractivity contribution < 1.29 is 0 Å². The van der Waals surface area contributed by atoms with Gasteiger partial charge >= 0.3 is 0 Å². The highest BCUT2D eigenvalue weighted by Crippen LogP contribution is 2.15. The van der Waals surface area contributed by atoms with Crippen LogP contribution in [0.5, 0.6) is 0 Å². The molecule has 1 rings (SSSR count). The van der Waals surface area contributed by atoms with Gasteiger partial charge in [-0.1, -0.05) is 13.3 Å². The number of rotatable bonds is 4. The van der Waals surface area contributed by atoms with Gasteiger partial charge in [0.2, 0.25) is 0 Å². The van der Waals surface area contributed by atoms with Crippen LogP contribution in [0.25, 0.3) is 0 Å². The van der Waals surface area contributed by atoms with Gasteiger partial charge in [0.15, 0.2) is 0 Å². The third-order valence-electron chi connectivity index (χ3n) is 1.92. The van der Waals surface area contributed by atoms with Crippen LogP contribution in [0.1, 0.15) is 31.4 Å². The van der Waals surface area contributed by atoms with E-state index in [0.29, 0.717) is 12.5 Å². The summed E-state index contributed by atoms with van der Waals surface area (Å²) >= 11 is 0. The second kappa shape index (κ2) is 4.83. The third kappa shape index (κ3) is 2.27. The Hall–Kier alpha value is -0.960. The summed E-state index contributed by atoms with van der Waals surface area (Å²) in [6.45, 7) is 2.81. The van der Waals surface area contributed by atoms with Gasteiger partial charge < -0.3 is 5.73 Å². The van der Waals surface area contributed by atoms with Crippen LogP contribution < -0.4 is 5.73 Å². The predicted molar refractivity (Wildman–Crippen MR) is 48.7 cm³/mol. The Labute approximate surface area is 73.0 Å². The van der Waals surface area contributed by atoms with Gasteiger partial charge in [-0.25, -0.2) is 0 Å². The zero-order valence-corrected chi connectivity index (χ0v) is 7.40. The summed E-state index contributed by atoms with van der Waals surface area (Å²) in [6.07, 6.45) is 7.43. The fourth-order valence-electron chi connectivity index (χ4n) is 1.26. The summed E-state index contributed by atoms with van der Waals surface area (Å²) in [7, 11) is 0. The second-order valence-electron chi connectivity index (χ2n) is 2.85. The topological polar surface area (TPSA) is 51.8 Å². The van der Waals surface area contributed by atoms with Gasteiger partial charge in [0.05, 0.1) is 5.69 Å². The van der Waals surface area contributed by atoms with Crippen LogP contribution in [-0.2, 0) is 0 Å². The molecule has 0 radical (unpaired) electrons. The molecule has 3 nitrogen and oxygen atoms in total. The van der Waals surface area contributed by atoms with Gasteiger partial charge in [-0.15, -0.1) is 0 Å². The molecule has 0 amide bonds. The summed E-state index contributed by atoms with van der Waals surface area (Å²) in [6, 6.07) is 0. The second-order valence-corrected chi connectivity index (χ2v) is 2.85. The Kier molecular flexibility index (Phi) is 3.67. The number of hydrogen-bond donors (Lipinski definition) is 1. The van der Waals surface area contributed by atoms with Gasteiger partial charge in [0, 0.05) is 31.1 Å². The van der Waals surface area contributed by atoms with Crippen molar-refractivity contribution in [1.29, 1.82) is 0 Å². The summed E-state index contributed by atoms with van der Waals surface area (Å²) in [4.78, 5) is 8.24. The lowest BCUT2D eigenvalue weighted by Gasteiger charge is -2.11. The highest BCUT2D eigenvalue weighted by atomic mass is 14.8. The number of hydrogen-bond acceptors (Lipinski definition) is 3. The molecule has 12 heavy (non-hydrogen) atoms. The molecule has 3 heteroatoms. The largest absolute Gasteiger partial charge is 0.330 e. The molecule has 0 aromatic carbocycles. The van der Waals surface area contributed by atoms with Crippen LogP contribution in [0.3, 0.4) is 0 Å². The van der Waals surface area contributed by atoms with Crippen molar-refractivity contribution in [2.75, 3.05) is 6.54 Å². The summed E-state index contributed by atoms with van der Waals surface area (Å²) in [5, 5.41) is 0. The van der Waals surface area contributed by atoms with Gasteiger partial charge in [-0.2, -0.15) is 0 Å². The van der Waals surface area contributed by atoms with E-state index in [2.05, 4.69) is 16.9 Å². The van der Waals surface area contributed by atoms with E-state index in [-0.39, 0.29) is 0 Å². The molecule has 66 valence electrons. The molecule has 0 spiro atoms. The van der Waals surface area contributed by atoms with Crippen LogP contribution in [-0.4, -0.2) is 16.5 Å². The maximum absolute atomic E-state index is 5.62. The number of nitrogens with two attached hydrogens (primary N) is 1. The van der Waals surface area contributed by atoms with Crippen molar-refractivity contribution in [2.45, 2.75) is 25.7 Å². The lowest BCUT2D eigenvalue weighted by atomic mass is 10.0. The normalized spacial score (nSPS) is 12.8. The molecule has 2 N–H and O–H groups in total. The Morgan fingerprint density at radius 1 is 1.50 bits per heavy atom. The highest BCUT2D eigenvalue weighted by Gasteiger charge is 2.08. The standard InChI is InChI=1S/C9H15N3/c1-2-3-8(6-10)9-7-11-4-5-12-9/h4-5,7-8H,2-3,6,10H2,1H3/t8-/m0/s1. The molecule has 1 heterocycles. The molecular weight excluding hydrogens is 150 g/mol. The summed E-state index contributed by atoms with van der Waals surface area (Å²) in [5.74, 6) is 0.378. The van der Waals surface area contributed by atoms with E-state index in [1.54, 1.807) is 18.6 Å². The smallest absolute Gasteiger partial charge is 0.0630 e. The van der Waals surface area contributed by atoms with Crippen LogP contribution in [0, 0.1) is 0 Å². The van der Waals surface area contributed by atoms with Gasteiger partial charge in [-0.3, -0.25) is 9.97 Å². The molecule has 0 fully saturated rings. The van der Waals surface area contributed by atoms with E-state index in [1.807, 2.05) is 0 Å². The Bertz CT molecular complexity index is 210. The van der Waals surface area contributed by atoms with Crippen molar-refractivity contribution in [3.63, 3.8) is 0 Å². The minimum Gasteiger partial charge on any atom is -0.330 e. The molecule has 0 bridgehead atoms. The van der Waals surface area contributed by atoms with Crippen LogP contribution in [0.4, 0.5) is 0 Å². The van der Waals surface area contributed by atoms with E-state index in [4.69, 9.17) is 5.73 Å². The van der Waals surface area contributed by atoms with Crippen molar-refractivity contribution >= 4 is 0 Å². The molecule has 0 saturated heterocycles. The fraction of sp³-hybridized carbons (Fsp3) is 0.556. The Morgan fingerprint density at radius 2 is 2.33 bits per heavy atom. The van der Waals surface area contributed by atoms with Crippen molar-refractivity contribution in [2.24, 2.45) is 5.73 Å². The maximum atomic E-state index is 5.62. The van der Waals surface area contributed by atoms with E-state index >= 15 is 0 Å². The molecule has 1 aromatic rings. The van der Waals surface area contributed by atoms with E-state index in [0.717, 1.165) is 18.5 Å². The lowest BCUT2D eigenvalue weighted by Crippen LogP contribution is -2.13. The highest BCUT2D eigenvalue weighted by molar-refractivity contribution is 5.03. The zero-order chi connectivity index (χ0) is 8.81. The number of aromatic nitrogens is 2. The SMILES string of the molecule is CCC[C@@H](CN)c1cnccn1. The Morgan fingerprint density at radius 3 is 2.83 bits per heavy atom. The lowest BCUT2D eigenvalue weighted by molar-refractivity contribution is 0.604. The molecule has 1 atom stereocenters. The molecule has 0 saturated carbocycles. The first-order valence-electron chi connectivity index (χ1n) is 4.34. The average Bonchev–Trinajstić information content (AvgIpc) is 2.15. The monoisotopic (exact) mass is 165 g/mol. The number of nitrogens with zero attached hydrogens (tertiary/aromatic N) is 2. The van der Waals surface area contributed by atoms with E-state index < -0.39 is 0 Å². The minimum absolute atomic E-state index is 0.378. The van der Waals surface area contributed by atoms with Crippen molar-refractivity contribution in [3.05, 3.63) is 24.3 Å². The molecule has 1 aromatic heterocycles. The zero-order valence-electron chi connectivity index (χ0n) is 7.40. The van der Waals surface area contributed by atoms with Gasteiger partial charge in [-0.05, 0) is 6.42 Å². The minimum atomic E-state index is 0.378. The summed E-state index contributed by atoms with van der Waals surface area (Å²) < 4.78 is 0. The molecule has 0 unspecified atom stereocenters. The average molecular weight is 165 g/mol. The molecule has 0 aliphatic carbocycles. The maximum Gasteiger partial charge on any atom is 0.0630 e. The first kappa shape index (κ1) is 9.13. The van der Waals surface area contributed by atoms with Crippen LogP contribution in [0.15, 0.2) is 18.6 Å². The van der Waals surface area contributed by atoms with Crippen molar-refractivity contribution in [3.8, 4) is 0 Å². The van der Waals surface area contributed by atoms with Gasteiger partial charge in [0.25, 0.3) is 0 Å². The fourth-order valence-corrected chi connectivity index (χ4v) is 1.26. The third-order valence-corrected chi connectivity index (χ3v) is 1.92. The van der Waals surface area contributed by atoms with E-state index in [9.17, 15) is 0 Å². The van der Waals surface area contributed by atoms with Gasteiger partial charge in [0.1, 0.15) is 0 Å². The van der Waals surface area contributed by atoms with Crippen LogP contribution >= 0.6 is 0 Å². The molecular formula is C9H15N3. The predicted octanol–water partition coefficient (Wildman–Crippen LogP) is 1.32. The summed E-state index contributed by atoms with van der Waals surface area (Å²) in [5.41, 5.74) is 6.64. The van der Waals surface area contributed by atoms with E-state index in [1.165, 1.54) is 0 Å². The Balaban J connectivity index is 2.66.